The van der Waals surface area contributed by atoms with Gasteiger partial charge in [-0.25, -0.2) is 0 Å². The summed E-state index contributed by atoms with van der Waals surface area (Å²) in [6.45, 7) is 10.9. The van der Waals surface area contributed by atoms with E-state index in [1.54, 1.807) is 13.8 Å². The molecule has 1 aromatic heterocycles. The molecule has 158 valence electrons. The van der Waals surface area contributed by atoms with Gasteiger partial charge in [0.05, 0.1) is 6.10 Å². The standard InChI is InChI=1S/C22H32N4O3/c1-16(2)28-21-9-7-19(8-10-21)14-25-12-5-6-20(15-25)26(18(4)27)13-11-22-23-17(3)29-24-22/h7-10,16,20H,5-6,11-15H2,1-4H3. The summed E-state index contributed by atoms with van der Waals surface area (Å²) in [6.07, 6.45) is 2.91. The van der Waals surface area contributed by atoms with Gasteiger partial charge in [0, 0.05) is 45.9 Å². The number of ether oxygens (including phenoxy) is 1. The molecule has 1 saturated heterocycles. The van der Waals surface area contributed by atoms with E-state index >= 15 is 0 Å². The topological polar surface area (TPSA) is 71.7 Å². The van der Waals surface area contributed by atoms with Crippen LogP contribution >= 0.6 is 0 Å². The summed E-state index contributed by atoms with van der Waals surface area (Å²) >= 11 is 0. The number of hydrogen-bond donors (Lipinski definition) is 0. The number of likely N-dealkylation sites (tertiary alicyclic amines) is 1. The van der Waals surface area contributed by atoms with E-state index in [0.717, 1.165) is 38.2 Å². The van der Waals surface area contributed by atoms with Gasteiger partial charge in [-0.3, -0.25) is 9.69 Å². The van der Waals surface area contributed by atoms with Crippen molar-refractivity contribution in [1.29, 1.82) is 0 Å². The first kappa shape index (κ1) is 21.3. The second-order valence-electron chi connectivity index (χ2n) is 8.03. The van der Waals surface area contributed by atoms with Crippen LogP contribution in [0.1, 0.15) is 50.9 Å². The summed E-state index contributed by atoms with van der Waals surface area (Å²) < 4.78 is 10.8. The molecule has 1 amide bonds. The highest BCUT2D eigenvalue weighted by Crippen LogP contribution is 2.20. The second-order valence-corrected chi connectivity index (χ2v) is 8.03. The zero-order valence-corrected chi connectivity index (χ0v) is 17.9. The Morgan fingerprint density at radius 2 is 2.10 bits per heavy atom. The van der Waals surface area contributed by atoms with Gasteiger partial charge < -0.3 is 14.2 Å². The molecule has 2 aromatic rings. The van der Waals surface area contributed by atoms with Crippen LogP contribution in [0.4, 0.5) is 0 Å². The van der Waals surface area contributed by atoms with E-state index in [4.69, 9.17) is 9.26 Å². The fourth-order valence-electron chi connectivity index (χ4n) is 3.89. The lowest BCUT2D eigenvalue weighted by Gasteiger charge is -2.39. The summed E-state index contributed by atoms with van der Waals surface area (Å²) in [5.41, 5.74) is 1.26. The molecule has 1 fully saturated rings. The van der Waals surface area contributed by atoms with Crippen LogP contribution in [0.3, 0.4) is 0 Å². The molecule has 1 aliphatic rings. The predicted octanol–water partition coefficient (Wildman–Crippen LogP) is 3.22. The Balaban J connectivity index is 1.56. The number of nitrogens with zero attached hydrogens (tertiary/aromatic N) is 4. The monoisotopic (exact) mass is 400 g/mol. The number of aryl methyl sites for hydroxylation is 1. The first-order valence-electron chi connectivity index (χ1n) is 10.4. The molecule has 29 heavy (non-hydrogen) atoms. The summed E-state index contributed by atoms with van der Waals surface area (Å²) in [4.78, 5) is 20.9. The fraction of sp³-hybridized carbons (Fsp3) is 0.591. The number of hydrogen-bond acceptors (Lipinski definition) is 6. The lowest BCUT2D eigenvalue weighted by atomic mass is 10.0. The van der Waals surface area contributed by atoms with Crippen LogP contribution in [-0.4, -0.2) is 57.6 Å². The minimum Gasteiger partial charge on any atom is -0.491 e. The molecular formula is C22H32N4O3. The molecular weight excluding hydrogens is 368 g/mol. The Bertz CT molecular complexity index is 788. The van der Waals surface area contributed by atoms with Gasteiger partial charge in [-0.2, -0.15) is 4.98 Å². The fourth-order valence-corrected chi connectivity index (χ4v) is 3.89. The summed E-state index contributed by atoms with van der Waals surface area (Å²) in [6, 6.07) is 8.54. The van der Waals surface area contributed by atoms with Crippen LogP contribution in [0.5, 0.6) is 5.75 Å². The molecule has 3 rings (SSSR count). The molecule has 1 aromatic carbocycles. The van der Waals surface area contributed by atoms with Gasteiger partial charge in [0.15, 0.2) is 5.82 Å². The lowest BCUT2D eigenvalue weighted by Crippen LogP contribution is -2.50. The third kappa shape index (κ3) is 6.29. The molecule has 0 spiro atoms. The average Bonchev–Trinajstić information content (AvgIpc) is 3.08. The molecule has 2 heterocycles. The van der Waals surface area contributed by atoms with Crippen LogP contribution < -0.4 is 4.74 Å². The predicted molar refractivity (Wildman–Crippen MR) is 111 cm³/mol. The Labute approximate surface area is 173 Å². The van der Waals surface area contributed by atoms with Crippen molar-refractivity contribution in [1.82, 2.24) is 19.9 Å². The molecule has 0 radical (unpaired) electrons. The first-order chi connectivity index (χ1) is 13.9. The average molecular weight is 401 g/mol. The van der Waals surface area contributed by atoms with E-state index in [0.29, 0.717) is 24.7 Å². The number of benzene rings is 1. The van der Waals surface area contributed by atoms with Crippen LogP contribution in [-0.2, 0) is 17.8 Å². The third-order valence-electron chi connectivity index (χ3n) is 5.17. The smallest absolute Gasteiger partial charge is 0.223 e. The van der Waals surface area contributed by atoms with Gasteiger partial charge in [0.1, 0.15) is 5.75 Å². The van der Waals surface area contributed by atoms with Crippen molar-refractivity contribution < 1.29 is 14.1 Å². The van der Waals surface area contributed by atoms with E-state index < -0.39 is 0 Å². The molecule has 0 bridgehead atoms. The number of carbonyl (C=O) groups is 1. The first-order valence-corrected chi connectivity index (χ1v) is 10.4. The van der Waals surface area contributed by atoms with Crippen molar-refractivity contribution in [3.05, 3.63) is 41.5 Å². The van der Waals surface area contributed by atoms with E-state index in [-0.39, 0.29) is 18.1 Å². The molecule has 0 N–H and O–H groups in total. The van der Waals surface area contributed by atoms with Gasteiger partial charge in [-0.05, 0) is 50.9 Å². The van der Waals surface area contributed by atoms with Crippen molar-refractivity contribution in [2.75, 3.05) is 19.6 Å². The second kappa shape index (κ2) is 9.87. The lowest BCUT2D eigenvalue weighted by molar-refractivity contribution is -0.132. The van der Waals surface area contributed by atoms with Gasteiger partial charge in [0.2, 0.25) is 11.8 Å². The van der Waals surface area contributed by atoms with E-state index in [9.17, 15) is 4.79 Å². The van der Waals surface area contributed by atoms with Crippen molar-refractivity contribution in [2.24, 2.45) is 0 Å². The molecule has 1 unspecified atom stereocenters. The highest BCUT2D eigenvalue weighted by atomic mass is 16.5. The van der Waals surface area contributed by atoms with Crippen molar-refractivity contribution in [2.45, 2.75) is 65.6 Å². The molecule has 0 saturated carbocycles. The maximum Gasteiger partial charge on any atom is 0.223 e. The minimum absolute atomic E-state index is 0.104. The highest BCUT2D eigenvalue weighted by molar-refractivity contribution is 5.73. The molecule has 7 nitrogen and oxygen atoms in total. The molecule has 0 aliphatic carbocycles. The Hall–Kier alpha value is -2.41. The zero-order chi connectivity index (χ0) is 20.8. The Morgan fingerprint density at radius 3 is 2.72 bits per heavy atom. The molecule has 1 atom stereocenters. The number of carbonyl (C=O) groups excluding carboxylic acids is 1. The Morgan fingerprint density at radius 1 is 1.34 bits per heavy atom. The number of piperidine rings is 1. The summed E-state index contributed by atoms with van der Waals surface area (Å²) in [7, 11) is 0. The van der Waals surface area contributed by atoms with Crippen LogP contribution in [0.25, 0.3) is 0 Å². The summed E-state index contributed by atoms with van der Waals surface area (Å²) in [5, 5.41) is 3.94. The van der Waals surface area contributed by atoms with Gasteiger partial charge in [0.25, 0.3) is 0 Å². The van der Waals surface area contributed by atoms with Gasteiger partial charge >= 0.3 is 0 Å². The van der Waals surface area contributed by atoms with E-state index in [2.05, 4.69) is 27.2 Å². The number of aromatic nitrogens is 2. The molecule has 7 heteroatoms. The maximum absolute atomic E-state index is 12.3. The Kier molecular flexibility index (Phi) is 7.25. The maximum atomic E-state index is 12.3. The molecule has 1 aliphatic heterocycles. The van der Waals surface area contributed by atoms with Crippen LogP contribution in [0.15, 0.2) is 28.8 Å². The largest absolute Gasteiger partial charge is 0.491 e. The zero-order valence-electron chi connectivity index (χ0n) is 17.9. The van der Waals surface area contributed by atoms with Crippen LogP contribution in [0.2, 0.25) is 0 Å². The van der Waals surface area contributed by atoms with E-state index in [1.165, 1.54) is 5.56 Å². The number of rotatable bonds is 8. The quantitative estimate of drug-likeness (QED) is 0.678. The van der Waals surface area contributed by atoms with Crippen LogP contribution in [0, 0.1) is 6.92 Å². The van der Waals surface area contributed by atoms with Gasteiger partial charge in [-0.15, -0.1) is 0 Å². The SMILES string of the molecule is CC(=O)N(CCc1noc(C)n1)C1CCCN(Cc2ccc(OC(C)C)cc2)C1. The van der Waals surface area contributed by atoms with Crippen molar-refractivity contribution in [3.63, 3.8) is 0 Å². The third-order valence-corrected chi connectivity index (χ3v) is 5.17. The van der Waals surface area contributed by atoms with Crippen molar-refractivity contribution in [3.8, 4) is 5.75 Å². The number of amides is 1. The minimum atomic E-state index is 0.104. The normalized spacial score (nSPS) is 17.5. The van der Waals surface area contributed by atoms with Crippen molar-refractivity contribution >= 4 is 5.91 Å². The highest BCUT2D eigenvalue weighted by Gasteiger charge is 2.27. The summed E-state index contributed by atoms with van der Waals surface area (Å²) in [5.74, 6) is 2.22. The van der Waals surface area contributed by atoms with Gasteiger partial charge in [-0.1, -0.05) is 17.3 Å². The van der Waals surface area contributed by atoms with E-state index in [1.807, 2.05) is 30.9 Å².